The maximum Gasteiger partial charge on any atom is 0.414 e. The molecule has 0 aromatic carbocycles. The number of rotatable bonds is 2. The van der Waals surface area contributed by atoms with E-state index < -0.39 is 11.9 Å². The van der Waals surface area contributed by atoms with Gasteiger partial charge in [-0.2, -0.15) is 0 Å². The third kappa shape index (κ3) is 5.21. The van der Waals surface area contributed by atoms with Gasteiger partial charge >= 0.3 is 11.9 Å². The Morgan fingerprint density at radius 2 is 1.64 bits per heavy atom. The molecule has 1 aromatic heterocycles. The molecule has 1 aromatic rings. The molecule has 0 bridgehead atoms. The molecule has 2 heterocycles. The van der Waals surface area contributed by atoms with E-state index in [2.05, 4.69) is 18.7 Å². The highest BCUT2D eigenvalue weighted by Gasteiger charge is 2.24. The molecule has 2 rings (SSSR count). The molecule has 0 saturated carbocycles. The summed E-state index contributed by atoms with van der Waals surface area (Å²) in [5, 5.41) is 14.8. The van der Waals surface area contributed by atoms with Gasteiger partial charge in [0.1, 0.15) is 0 Å². The van der Waals surface area contributed by atoms with Crippen molar-refractivity contribution in [2.45, 2.75) is 19.9 Å². The van der Waals surface area contributed by atoms with Crippen molar-refractivity contribution in [3.63, 3.8) is 0 Å². The average molecular weight is 312 g/mol. The lowest BCUT2D eigenvalue weighted by Crippen LogP contribution is -2.50. The molecule has 1 fully saturated rings. The summed E-state index contributed by atoms with van der Waals surface area (Å²) in [4.78, 5) is 34.4. The number of carbonyl (C=O) groups is 3. The highest BCUT2D eigenvalue weighted by molar-refractivity contribution is 6.27. The van der Waals surface area contributed by atoms with Crippen LogP contribution >= 0.6 is 0 Å². The SMILES string of the molecule is CC(C)N1CCN(C(=O)c2ccco2)CC1.O=C(O)C(=O)O. The van der Waals surface area contributed by atoms with Crippen molar-refractivity contribution in [1.29, 1.82) is 0 Å². The smallest absolute Gasteiger partial charge is 0.414 e. The van der Waals surface area contributed by atoms with E-state index in [1.165, 1.54) is 6.26 Å². The van der Waals surface area contributed by atoms with Gasteiger partial charge in [-0.1, -0.05) is 0 Å². The van der Waals surface area contributed by atoms with Crippen LogP contribution in [0.1, 0.15) is 24.4 Å². The van der Waals surface area contributed by atoms with Gasteiger partial charge in [0, 0.05) is 32.2 Å². The van der Waals surface area contributed by atoms with Crippen molar-refractivity contribution in [1.82, 2.24) is 9.80 Å². The summed E-state index contributed by atoms with van der Waals surface area (Å²) < 4.78 is 5.12. The predicted molar refractivity (Wildman–Crippen MR) is 76.6 cm³/mol. The molecule has 22 heavy (non-hydrogen) atoms. The number of furan rings is 1. The fourth-order valence-electron chi connectivity index (χ4n) is 2.00. The molecule has 122 valence electrons. The lowest BCUT2D eigenvalue weighted by atomic mass is 10.2. The first-order chi connectivity index (χ1) is 10.3. The Morgan fingerprint density at radius 3 is 2.00 bits per heavy atom. The topological polar surface area (TPSA) is 111 Å². The van der Waals surface area contributed by atoms with Gasteiger partial charge in [-0.15, -0.1) is 0 Å². The van der Waals surface area contributed by atoms with Crippen molar-refractivity contribution in [3.05, 3.63) is 24.2 Å². The molecular weight excluding hydrogens is 292 g/mol. The van der Waals surface area contributed by atoms with E-state index in [4.69, 9.17) is 24.2 Å². The van der Waals surface area contributed by atoms with Gasteiger partial charge in [0.05, 0.1) is 6.26 Å². The summed E-state index contributed by atoms with van der Waals surface area (Å²) in [5.74, 6) is -3.20. The Morgan fingerprint density at radius 1 is 1.09 bits per heavy atom. The van der Waals surface area contributed by atoms with Gasteiger partial charge in [-0.25, -0.2) is 9.59 Å². The molecule has 0 spiro atoms. The second-order valence-corrected chi connectivity index (χ2v) is 5.01. The van der Waals surface area contributed by atoms with E-state index in [-0.39, 0.29) is 5.91 Å². The summed E-state index contributed by atoms with van der Waals surface area (Å²) in [6, 6.07) is 4.02. The van der Waals surface area contributed by atoms with Gasteiger partial charge in [-0.05, 0) is 26.0 Å². The molecule has 1 saturated heterocycles. The van der Waals surface area contributed by atoms with Crippen LogP contribution in [0.25, 0.3) is 0 Å². The quantitative estimate of drug-likeness (QED) is 0.769. The van der Waals surface area contributed by atoms with Crippen LogP contribution in [0.3, 0.4) is 0 Å². The Kier molecular flexibility index (Phi) is 6.58. The van der Waals surface area contributed by atoms with Crippen molar-refractivity contribution >= 4 is 17.8 Å². The number of nitrogens with zero attached hydrogens (tertiary/aromatic N) is 2. The second-order valence-electron chi connectivity index (χ2n) is 5.01. The molecule has 1 aliphatic heterocycles. The first-order valence-electron chi connectivity index (χ1n) is 6.86. The first-order valence-corrected chi connectivity index (χ1v) is 6.86. The first kappa shape index (κ1) is 17.7. The molecule has 1 amide bonds. The molecular formula is C14H20N2O6. The van der Waals surface area contributed by atoms with E-state index in [9.17, 15) is 4.79 Å². The minimum absolute atomic E-state index is 0.00778. The summed E-state index contributed by atoms with van der Waals surface area (Å²) in [5.41, 5.74) is 0. The van der Waals surface area contributed by atoms with Crippen molar-refractivity contribution in [2.75, 3.05) is 26.2 Å². The third-order valence-electron chi connectivity index (χ3n) is 3.25. The number of carboxylic acids is 2. The second kappa shape index (κ2) is 8.18. The van der Waals surface area contributed by atoms with Crippen LogP contribution in [0.5, 0.6) is 0 Å². The van der Waals surface area contributed by atoms with Crippen LogP contribution in [-0.2, 0) is 9.59 Å². The Labute approximate surface area is 127 Å². The summed E-state index contributed by atoms with van der Waals surface area (Å²) >= 11 is 0. The minimum atomic E-state index is -1.82. The number of piperazine rings is 1. The van der Waals surface area contributed by atoms with Crippen LogP contribution in [0, 0.1) is 0 Å². The zero-order chi connectivity index (χ0) is 16.7. The molecule has 0 atom stereocenters. The van der Waals surface area contributed by atoms with Gasteiger partial charge in [0.2, 0.25) is 0 Å². The Balaban J connectivity index is 0.000000346. The van der Waals surface area contributed by atoms with E-state index in [0.717, 1.165) is 26.2 Å². The van der Waals surface area contributed by atoms with Crippen molar-refractivity contribution in [2.24, 2.45) is 0 Å². The van der Waals surface area contributed by atoms with Crippen LogP contribution in [0.2, 0.25) is 0 Å². The minimum Gasteiger partial charge on any atom is -0.473 e. The number of amides is 1. The van der Waals surface area contributed by atoms with Gasteiger partial charge in [0.15, 0.2) is 5.76 Å². The molecule has 8 heteroatoms. The Bertz CT molecular complexity index is 491. The van der Waals surface area contributed by atoms with E-state index in [1.807, 2.05) is 4.90 Å². The van der Waals surface area contributed by atoms with Crippen LogP contribution < -0.4 is 0 Å². The third-order valence-corrected chi connectivity index (χ3v) is 3.25. The van der Waals surface area contributed by atoms with E-state index in [1.54, 1.807) is 12.1 Å². The van der Waals surface area contributed by atoms with E-state index in [0.29, 0.717) is 11.8 Å². The molecule has 0 radical (unpaired) electrons. The molecule has 0 aliphatic carbocycles. The maximum absolute atomic E-state index is 12.0. The largest absolute Gasteiger partial charge is 0.473 e. The van der Waals surface area contributed by atoms with Gasteiger partial charge in [0.25, 0.3) is 5.91 Å². The van der Waals surface area contributed by atoms with Gasteiger partial charge in [-0.3, -0.25) is 9.69 Å². The number of hydrogen-bond acceptors (Lipinski definition) is 5. The summed E-state index contributed by atoms with van der Waals surface area (Å²) in [7, 11) is 0. The summed E-state index contributed by atoms with van der Waals surface area (Å²) in [6.45, 7) is 7.84. The number of carboxylic acid groups (broad SMARTS) is 2. The fraction of sp³-hybridized carbons (Fsp3) is 0.500. The molecule has 1 aliphatic rings. The normalized spacial score (nSPS) is 15.1. The highest BCUT2D eigenvalue weighted by atomic mass is 16.4. The lowest BCUT2D eigenvalue weighted by molar-refractivity contribution is -0.159. The Hall–Kier alpha value is -2.35. The molecule has 2 N–H and O–H groups in total. The zero-order valence-corrected chi connectivity index (χ0v) is 12.6. The number of hydrogen-bond donors (Lipinski definition) is 2. The predicted octanol–water partition coefficient (Wildman–Crippen LogP) is 0.601. The molecule has 8 nitrogen and oxygen atoms in total. The fourth-order valence-corrected chi connectivity index (χ4v) is 2.00. The van der Waals surface area contributed by atoms with Crippen LogP contribution in [0.4, 0.5) is 0 Å². The highest BCUT2D eigenvalue weighted by Crippen LogP contribution is 2.10. The standard InChI is InChI=1S/C12H18N2O2.C2H2O4/c1-10(2)13-5-7-14(8-6-13)12(15)11-4-3-9-16-11;3-1(4)2(5)6/h3-4,9-10H,5-8H2,1-2H3;(H,3,4)(H,5,6). The maximum atomic E-state index is 12.0. The van der Waals surface area contributed by atoms with Crippen molar-refractivity contribution < 1.29 is 29.0 Å². The molecule has 0 unspecified atom stereocenters. The lowest BCUT2D eigenvalue weighted by Gasteiger charge is -2.36. The van der Waals surface area contributed by atoms with Crippen molar-refractivity contribution in [3.8, 4) is 0 Å². The van der Waals surface area contributed by atoms with Gasteiger partial charge < -0.3 is 19.5 Å². The zero-order valence-electron chi connectivity index (χ0n) is 12.6. The average Bonchev–Trinajstić information content (AvgIpc) is 3.01. The monoisotopic (exact) mass is 312 g/mol. The summed E-state index contributed by atoms with van der Waals surface area (Å²) in [6.07, 6.45) is 1.54. The van der Waals surface area contributed by atoms with E-state index >= 15 is 0 Å². The van der Waals surface area contributed by atoms with Crippen LogP contribution in [0.15, 0.2) is 22.8 Å². The number of aliphatic carboxylic acids is 2. The van der Waals surface area contributed by atoms with Crippen LogP contribution in [-0.4, -0.2) is 70.1 Å². The number of carbonyl (C=O) groups excluding carboxylic acids is 1.